The second-order valence-electron chi connectivity index (χ2n) is 9.19. The zero-order valence-electron chi connectivity index (χ0n) is 19.9. The molecule has 1 aliphatic heterocycles. The van der Waals surface area contributed by atoms with E-state index in [1.54, 1.807) is 22.8 Å². The molecule has 190 valence electrons. The van der Waals surface area contributed by atoms with Gasteiger partial charge >= 0.3 is 0 Å². The normalized spacial score (nSPS) is 18.4. The van der Waals surface area contributed by atoms with Gasteiger partial charge in [-0.15, -0.1) is 0 Å². The summed E-state index contributed by atoms with van der Waals surface area (Å²) in [5.74, 6) is 0. The number of fused-ring (bicyclic) bond motifs is 1. The average molecular weight is 598 g/mol. The van der Waals surface area contributed by atoms with Gasteiger partial charge in [0.15, 0.2) is 4.80 Å². The largest absolute Gasteiger partial charge is 0.272 e. The van der Waals surface area contributed by atoms with Crippen LogP contribution >= 0.6 is 57.7 Å². The minimum Gasteiger partial charge on any atom is -0.272 e. The Labute approximate surface area is 243 Å². The van der Waals surface area contributed by atoms with E-state index in [4.69, 9.17) is 51.4 Å². The van der Waals surface area contributed by atoms with Crippen LogP contribution in [-0.2, 0) is 0 Å². The number of benzene rings is 3. The third kappa shape index (κ3) is 4.70. The minimum absolute atomic E-state index is 0.126. The summed E-state index contributed by atoms with van der Waals surface area (Å²) in [4.78, 5) is 19.6. The third-order valence-electron chi connectivity index (χ3n) is 6.82. The molecule has 0 N–H and O–H groups in total. The van der Waals surface area contributed by atoms with Gasteiger partial charge in [0.05, 0.1) is 16.3 Å². The van der Waals surface area contributed by atoms with Gasteiger partial charge in [-0.05, 0) is 83.5 Å². The van der Waals surface area contributed by atoms with Gasteiger partial charge in [0.25, 0.3) is 5.56 Å². The van der Waals surface area contributed by atoms with Crippen molar-refractivity contribution >= 4 is 69.9 Å². The second-order valence-corrected chi connectivity index (χ2v) is 11.9. The molecule has 0 spiro atoms. The van der Waals surface area contributed by atoms with Crippen molar-refractivity contribution in [1.82, 2.24) is 4.57 Å². The van der Waals surface area contributed by atoms with Crippen molar-refractivity contribution in [1.29, 1.82) is 0 Å². The average Bonchev–Trinajstić information content (AvgIpc) is 3.21. The molecule has 6 rings (SSSR count). The van der Waals surface area contributed by atoms with Gasteiger partial charge < -0.3 is 0 Å². The summed E-state index contributed by atoms with van der Waals surface area (Å²) in [6, 6.07) is 20.4. The Balaban J connectivity index is 1.61. The van der Waals surface area contributed by atoms with Crippen LogP contribution < -0.4 is 14.9 Å². The first kappa shape index (κ1) is 25.7. The molecule has 1 atom stereocenters. The van der Waals surface area contributed by atoms with Crippen LogP contribution in [0.25, 0.3) is 12.2 Å². The molecule has 1 aliphatic carbocycles. The van der Waals surface area contributed by atoms with Crippen LogP contribution in [0.1, 0.15) is 42.0 Å². The highest BCUT2D eigenvalue weighted by Gasteiger charge is 2.33. The van der Waals surface area contributed by atoms with Crippen molar-refractivity contribution in [2.24, 2.45) is 4.99 Å². The summed E-state index contributed by atoms with van der Waals surface area (Å²) in [6.45, 7) is 0. The molecule has 0 saturated heterocycles. The maximum Gasteiger partial charge on any atom is 0.271 e. The lowest BCUT2D eigenvalue weighted by Crippen LogP contribution is -2.39. The molecule has 38 heavy (non-hydrogen) atoms. The Morgan fingerprint density at radius 2 is 1.58 bits per heavy atom. The highest BCUT2D eigenvalue weighted by Crippen LogP contribution is 2.42. The highest BCUT2D eigenvalue weighted by atomic mass is 35.5. The Morgan fingerprint density at radius 1 is 0.842 bits per heavy atom. The van der Waals surface area contributed by atoms with E-state index in [0.717, 1.165) is 52.8 Å². The van der Waals surface area contributed by atoms with E-state index < -0.39 is 0 Å². The van der Waals surface area contributed by atoms with Gasteiger partial charge in [-0.25, -0.2) is 4.99 Å². The predicted octanol–water partition coefficient (Wildman–Crippen LogP) is 8.10. The number of nitrogens with zero attached hydrogens (tertiary/aromatic N) is 2. The van der Waals surface area contributed by atoms with Gasteiger partial charge in [0.1, 0.15) is 0 Å². The van der Waals surface area contributed by atoms with Crippen molar-refractivity contribution in [3.8, 4) is 0 Å². The molecule has 0 saturated carbocycles. The molecule has 2 heterocycles. The van der Waals surface area contributed by atoms with Crippen LogP contribution in [0.5, 0.6) is 0 Å². The van der Waals surface area contributed by atoms with E-state index in [-0.39, 0.29) is 11.6 Å². The van der Waals surface area contributed by atoms with E-state index in [0.29, 0.717) is 29.4 Å². The van der Waals surface area contributed by atoms with Gasteiger partial charge in [-0.2, -0.15) is 0 Å². The molecule has 1 unspecified atom stereocenters. The van der Waals surface area contributed by atoms with Crippen LogP contribution in [0.3, 0.4) is 0 Å². The Hall–Kier alpha value is -2.60. The zero-order valence-corrected chi connectivity index (χ0v) is 23.8. The Kier molecular flexibility index (Phi) is 7.10. The summed E-state index contributed by atoms with van der Waals surface area (Å²) in [5.41, 5.74) is 5.53. The summed E-state index contributed by atoms with van der Waals surface area (Å²) in [7, 11) is 0. The van der Waals surface area contributed by atoms with Gasteiger partial charge in [-0.1, -0.05) is 100 Å². The molecule has 4 aromatic rings. The maximum atomic E-state index is 13.9. The lowest BCUT2D eigenvalue weighted by molar-refractivity contribution is 0.553. The molecule has 0 fully saturated rings. The summed E-state index contributed by atoms with van der Waals surface area (Å²) in [5, 5.41) is 2.33. The fourth-order valence-electron chi connectivity index (χ4n) is 5.07. The minimum atomic E-state index is -0.354. The Bertz CT molecular complexity index is 1830. The van der Waals surface area contributed by atoms with Crippen LogP contribution in [0.15, 0.2) is 93.4 Å². The molecular formula is C30H20Cl4N2OS. The van der Waals surface area contributed by atoms with E-state index in [1.807, 2.05) is 54.6 Å². The van der Waals surface area contributed by atoms with E-state index in [2.05, 4.69) is 6.08 Å². The summed E-state index contributed by atoms with van der Waals surface area (Å²) in [6.07, 6.45) is 6.55. The first-order valence-corrected chi connectivity index (χ1v) is 14.4. The van der Waals surface area contributed by atoms with Gasteiger partial charge in [0.2, 0.25) is 0 Å². The topological polar surface area (TPSA) is 34.4 Å². The Morgan fingerprint density at radius 3 is 2.34 bits per heavy atom. The van der Waals surface area contributed by atoms with Crippen molar-refractivity contribution < 1.29 is 0 Å². The predicted molar refractivity (Wildman–Crippen MR) is 159 cm³/mol. The van der Waals surface area contributed by atoms with Gasteiger partial charge in [0, 0.05) is 20.1 Å². The molecule has 0 amide bonds. The van der Waals surface area contributed by atoms with Crippen molar-refractivity contribution in [3.05, 3.63) is 140 Å². The number of hydrogen-bond donors (Lipinski definition) is 0. The first-order chi connectivity index (χ1) is 18.4. The zero-order chi connectivity index (χ0) is 26.4. The highest BCUT2D eigenvalue weighted by molar-refractivity contribution is 7.07. The molecular weight excluding hydrogens is 578 g/mol. The van der Waals surface area contributed by atoms with E-state index >= 15 is 0 Å². The number of halogens is 4. The molecule has 1 aromatic heterocycles. The van der Waals surface area contributed by atoms with E-state index in [1.165, 1.54) is 11.3 Å². The number of allylic oxidation sites excluding steroid dienone is 2. The van der Waals surface area contributed by atoms with Gasteiger partial charge in [-0.3, -0.25) is 9.36 Å². The monoisotopic (exact) mass is 596 g/mol. The quantitative estimate of drug-likeness (QED) is 0.235. The third-order valence-corrected chi connectivity index (χ3v) is 9.05. The van der Waals surface area contributed by atoms with Crippen LogP contribution in [0, 0.1) is 0 Å². The van der Waals surface area contributed by atoms with Crippen LogP contribution in [0.4, 0.5) is 0 Å². The lowest BCUT2D eigenvalue weighted by atomic mass is 9.84. The van der Waals surface area contributed by atoms with Crippen molar-refractivity contribution in [2.75, 3.05) is 0 Å². The number of hydrogen-bond acceptors (Lipinski definition) is 3. The van der Waals surface area contributed by atoms with Crippen LogP contribution in [-0.4, -0.2) is 4.57 Å². The molecule has 0 radical (unpaired) electrons. The standard InChI is InChI=1S/C30H20Cl4N2OS/c31-20-13-12-18(25(34)16-20)15-26-29(37)36-28(21-8-2-4-11-24(21)33)22-9-5-7-19(27(22)35-30(36)38-26)14-17-6-1-3-10-23(17)32/h1-4,6,8,10-16,28H,5,7,9H2/b19-14+,26-15-. The number of rotatable bonds is 3. The molecule has 8 heteroatoms. The molecule has 0 bridgehead atoms. The van der Waals surface area contributed by atoms with Crippen molar-refractivity contribution in [2.45, 2.75) is 25.3 Å². The SMILES string of the molecule is O=c1/c(=C/c2ccc(Cl)cc2Cl)sc2n1C(c1ccccc1Cl)C1=C(N=2)/C(=C/c2ccccc2Cl)CCC1. The number of aromatic nitrogens is 1. The maximum absolute atomic E-state index is 13.9. The number of thiazole rings is 1. The second kappa shape index (κ2) is 10.5. The fraction of sp³-hybridized carbons (Fsp3) is 0.133. The van der Waals surface area contributed by atoms with Crippen LogP contribution in [0.2, 0.25) is 20.1 Å². The molecule has 2 aliphatic rings. The summed E-state index contributed by atoms with van der Waals surface area (Å²) < 4.78 is 2.32. The smallest absolute Gasteiger partial charge is 0.271 e. The van der Waals surface area contributed by atoms with E-state index in [9.17, 15) is 4.79 Å². The fourth-order valence-corrected chi connectivity index (χ4v) is 6.95. The van der Waals surface area contributed by atoms with Crippen molar-refractivity contribution in [3.63, 3.8) is 0 Å². The lowest BCUT2D eigenvalue weighted by Gasteiger charge is -2.31. The first-order valence-electron chi connectivity index (χ1n) is 12.1. The molecule has 3 aromatic carbocycles. The molecule has 3 nitrogen and oxygen atoms in total. The summed E-state index contributed by atoms with van der Waals surface area (Å²) >= 11 is 27.1.